The van der Waals surface area contributed by atoms with Gasteiger partial charge in [-0.2, -0.15) is 0 Å². The molecule has 1 aromatic rings. The summed E-state index contributed by atoms with van der Waals surface area (Å²) in [5.74, 6) is 1.88. The number of halogens is 1. The second-order valence-corrected chi connectivity index (χ2v) is 6.83. The number of carbonyl (C=O) groups excluding carboxylic acids is 1. The Morgan fingerprint density at radius 2 is 2.19 bits per heavy atom. The number of benzene rings is 1. The van der Waals surface area contributed by atoms with Gasteiger partial charge in [0.15, 0.2) is 0 Å². The first-order valence-corrected chi connectivity index (χ1v) is 8.48. The molecular weight excluding hydrogens is 304 g/mol. The molecule has 1 saturated heterocycles. The van der Waals surface area contributed by atoms with E-state index < -0.39 is 0 Å². The molecule has 2 aliphatic heterocycles. The standard InChI is InChI=1S/C16H22N2OS.ClH/c17-8-7-12-4-3-9-18(10-12)16(19)14-11-20-15-6-2-1-5-13(14)15;/h1-2,5-6,12,14H,3-4,7-11,17H2;1H. The number of piperidine rings is 1. The molecule has 0 bridgehead atoms. The zero-order chi connectivity index (χ0) is 13.9. The normalized spacial score (nSPS) is 24.3. The monoisotopic (exact) mass is 326 g/mol. The minimum Gasteiger partial charge on any atom is -0.342 e. The number of rotatable bonds is 3. The summed E-state index contributed by atoms with van der Waals surface area (Å²) in [6, 6.07) is 8.33. The molecule has 0 saturated carbocycles. The molecule has 1 fully saturated rings. The van der Waals surface area contributed by atoms with Crippen molar-refractivity contribution in [3.8, 4) is 0 Å². The van der Waals surface area contributed by atoms with E-state index >= 15 is 0 Å². The van der Waals surface area contributed by atoms with E-state index in [1.807, 2.05) is 17.8 Å². The van der Waals surface area contributed by atoms with Gasteiger partial charge in [-0.25, -0.2) is 0 Å². The second kappa shape index (κ2) is 7.52. The molecule has 116 valence electrons. The number of amides is 1. The van der Waals surface area contributed by atoms with Crippen LogP contribution in [0.3, 0.4) is 0 Å². The van der Waals surface area contributed by atoms with Gasteiger partial charge in [-0.1, -0.05) is 18.2 Å². The van der Waals surface area contributed by atoms with Gasteiger partial charge in [-0.15, -0.1) is 24.2 Å². The van der Waals surface area contributed by atoms with Crippen LogP contribution in [0.5, 0.6) is 0 Å². The van der Waals surface area contributed by atoms with Crippen molar-refractivity contribution in [2.24, 2.45) is 11.7 Å². The molecule has 2 heterocycles. The fraction of sp³-hybridized carbons (Fsp3) is 0.562. The number of fused-ring (bicyclic) bond motifs is 1. The Morgan fingerprint density at radius 3 is 3.00 bits per heavy atom. The summed E-state index contributed by atoms with van der Waals surface area (Å²) in [5.41, 5.74) is 6.88. The number of likely N-dealkylation sites (tertiary alicyclic amines) is 1. The molecule has 0 radical (unpaired) electrons. The predicted octanol–water partition coefficient (Wildman–Crippen LogP) is 2.89. The van der Waals surface area contributed by atoms with Gasteiger partial charge in [0.05, 0.1) is 5.92 Å². The molecule has 1 amide bonds. The van der Waals surface area contributed by atoms with Crippen LogP contribution < -0.4 is 5.73 Å². The SMILES string of the molecule is Cl.NCCC1CCCN(C(=O)C2CSc3ccccc32)C1. The number of nitrogens with zero attached hydrogens (tertiary/aromatic N) is 1. The van der Waals surface area contributed by atoms with Gasteiger partial charge < -0.3 is 10.6 Å². The Hall–Kier alpha value is -0.710. The first-order valence-electron chi connectivity index (χ1n) is 7.50. The molecule has 1 aromatic carbocycles. The summed E-state index contributed by atoms with van der Waals surface area (Å²) in [6.45, 7) is 2.55. The quantitative estimate of drug-likeness (QED) is 0.929. The minimum atomic E-state index is 0. The zero-order valence-corrected chi connectivity index (χ0v) is 13.8. The van der Waals surface area contributed by atoms with Gasteiger partial charge in [0.1, 0.15) is 0 Å². The summed E-state index contributed by atoms with van der Waals surface area (Å²) >= 11 is 1.81. The largest absolute Gasteiger partial charge is 0.342 e. The first kappa shape index (κ1) is 16.7. The molecule has 2 unspecified atom stereocenters. The van der Waals surface area contributed by atoms with Crippen molar-refractivity contribution in [2.75, 3.05) is 25.4 Å². The number of nitrogens with two attached hydrogens (primary N) is 1. The van der Waals surface area contributed by atoms with E-state index in [9.17, 15) is 4.79 Å². The lowest BCUT2D eigenvalue weighted by Crippen LogP contribution is -2.42. The van der Waals surface area contributed by atoms with E-state index in [1.165, 1.54) is 16.9 Å². The number of carbonyl (C=O) groups is 1. The molecule has 2 N–H and O–H groups in total. The van der Waals surface area contributed by atoms with Crippen molar-refractivity contribution < 1.29 is 4.79 Å². The highest BCUT2D eigenvalue weighted by molar-refractivity contribution is 7.99. The molecule has 2 aliphatic rings. The van der Waals surface area contributed by atoms with E-state index in [-0.39, 0.29) is 18.3 Å². The van der Waals surface area contributed by atoms with Crippen molar-refractivity contribution >= 4 is 30.1 Å². The molecule has 2 atom stereocenters. The summed E-state index contributed by atoms with van der Waals surface area (Å²) in [7, 11) is 0. The molecule has 0 spiro atoms. The fourth-order valence-corrected chi connectivity index (χ4v) is 4.54. The van der Waals surface area contributed by atoms with Crippen molar-refractivity contribution in [3.05, 3.63) is 29.8 Å². The Bertz CT molecular complexity index is 495. The van der Waals surface area contributed by atoms with Crippen LogP contribution in [-0.2, 0) is 4.79 Å². The molecule has 5 heteroatoms. The highest BCUT2D eigenvalue weighted by Gasteiger charge is 2.33. The maximum Gasteiger partial charge on any atom is 0.231 e. The molecule has 0 aromatic heterocycles. The highest BCUT2D eigenvalue weighted by Crippen LogP contribution is 2.40. The Labute approximate surface area is 137 Å². The Kier molecular flexibility index (Phi) is 5.97. The van der Waals surface area contributed by atoms with Gasteiger partial charge in [0, 0.05) is 23.7 Å². The average Bonchev–Trinajstić information content (AvgIpc) is 2.91. The van der Waals surface area contributed by atoms with Gasteiger partial charge in [0.2, 0.25) is 5.91 Å². The zero-order valence-electron chi connectivity index (χ0n) is 12.2. The maximum absolute atomic E-state index is 12.8. The third kappa shape index (κ3) is 3.55. The van der Waals surface area contributed by atoms with Crippen molar-refractivity contribution in [1.29, 1.82) is 0 Å². The smallest absolute Gasteiger partial charge is 0.231 e. The van der Waals surface area contributed by atoms with E-state index in [1.54, 1.807) is 0 Å². The van der Waals surface area contributed by atoms with Crippen molar-refractivity contribution in [2.45, 2.75) is 30.1 Å². The highest BCUT2D eigenvalue weighted by atomic mass is 35.5. The predicted molar refractivity (Wildman–Crippen MR) is 90.1 cm³/mol. The summed E-state index contributed by atoms with van der Waals surface area (Å²) in [4.78, 5) is 16.2. The third-order valence-electron chi connectivity index (χ3n) is 4.40. The van der Waals surface area contributed by atoms with Crippen LogP contribution in [0.15, 0.2) is 29.2 Å². The fourth-order valence-electron chi connectivity index (χ4n) is 3.32. The number of hydrogen-bond donors (Lipinski definition) is 1. The Balaban J connectivity index is 0.00000161. The maximum atomic E-state index is 12.8. The van der Waals surface area contributed by atoms with E-state index in [0.717, 1.165) is 38.2 Å². The minimum absolute atomic E-state index is 0. The number of hydrogen-bond acceptors (Lipinski definition) is 3. The van der Waals surface area contributed by atoms with Crippen LogP contribution in [-0.4, -0.2) is 36.2 Å². The summed E-state index contributed by atoms with van der Waals surface area (Å²) in [5, 5.41) is 0. The lowest BCUT2D eigenvalue weighted by Gasteiger charge is -2.34. The van der Waals surface area contributed by atoms with E-state index in [2.05, 4.69) is 23.1 Å². The Morgan fingerprint density at radius 1 is 1.38 bits per heavy atom. The van der Waals surface area contributed by atoms with Gasteiger partial charge in [-0.05, 0) is 43.4 Å². The molecule has 21 heavy (non-hydrogen) atoms. The molecule has 3 nitrogen and oxygen atoms in total. The van der Waals surface area contributed by atoms with Gasteiger partial charge in [0.25, 0.3) is 0 Å². The van der Waals surface area contributed by atoms with Crippen molar-refractivity contribution in [3.63, 3.8) is 0 Å². The van der Waals surface area contributed by atoms with E-state index in [4.69, 9.17) is 5.73 Å². The van der Waals surface area contributed by atoms with Gasteiger partial charge >= 0.3 is 0 Å². The van der Waals surface area contributed by atoms with Crippen LogP contribution in [0, 0.1) is 5.92 Å². The lowest BCUT2D eigenvalue weighted by molar-refractivity contribution is -0.134. The van der Waals surface area contributed by atoms with Crippen LogP contribution in [0.4, 0.5) is 0 Å². The molecular formula is C16H23ClN2OS. The molecule has 0 aliphatic carbocycles. The van der Waals surface area contributed by atoms with Crippen LogP contribution >= 0.6 is 24.2 Å². The van der Waals surface area contributed by atoms with Crippen LogP contribution in [0.1, 0.15) is 30.7 Å². The topological polar surface area (TPSA) is 46.3 Å². The van der Waals surface area contributed by atoms with Crippen LogP contribution in [0.2, 0.25) is 0 Å². The van der Waals surface area contributed by atoms with Gasteiger partial charge in [-0.3, -0.25) is 4.79 Å². The van der Waals surface area contributed by atoms with Crippen molar-refractivity contribution in [1.82, 2.24) is 4.90 Å². The molecule has 3 rings (SSSR count). The van der Waals surface area contributed by atoms with Crippen LogP contribution in [0.25, 0.3) is 0 Å². The first-order chi connectivity index (χ1) is 9.79. The van der Waals surface area contributed by atoms with E-state index in [0.29, 0.717) is 11.8 Å². The third-order valence-corrected chi connectivity index (χ3v) is 5.59. The number of thioether (sulfide) groups is 1. The lowest BCUT2D eigenvalue weighted by atomic mass is 9.92. The summed E-state index contributed by atoms with van der Waals surface area (Å²) < 4.78 is 0. The summed E-state index contributed by atoms with van der Waals surface area (Å²) in [6.07, 6.45) is 3.38. The second-order valence-electron chi connectivity index (χ2n) is 5.77. The average molecular weight is 327 g/mol.